The Morgan fingerprint density at radius 1 is 1.05 bits per heavy atom. The van der Waals surface area contributed by atoms with Crippen LogP contribution in [-0.2, 0) is 4.79 Å². The Balaban J connectivity index is 1.03. The fourth-order valence-corrected chi connectivity index (χ4v) is 5.89. The van der Waals surface area contributed by atoms with E-state index in [2.05, 4.69) is 32.0 Å². The van der Waals surface area contributed by atoms with Crippen LogP contribution >= 0.6 is 0 Å². The lowest BCUT2D eigenvalue weighted by Crippen LogP contribution is -2.47. The molecule has 37 heavy (non-hydrogen) atoms. The molecule has 2 aliphatic heterocycles. The molecule has 0 spiro atoms. The molecule has 1 aromatic carbocycles. The normalized spacial score (nSPS) is 19.5. The Hall–Kier alpha value is -3.52. The van der Waals surface area contributed by atoms with E-state index < -0.39 is 0 Å². The first-order chi connectivity index (χ1) is 18.1. The van der Waals surface area contributed by atoms with E-state index in [1.54, 1.807) is 12.1 Å². The monoisotopic (exact) mass is 501 g/mol. The third kappa shape index (κ3) is 5.16. The molecule has 1 unspecified atom stereocenters. The number of piperidine rings is 2. The highest BCUT2D eigenvalue weighted by atomic mass is 19.1. The minimum atomic E-state index is -0.268. The molecule has 0 aliphatic carbocycles. The van der Waals surface area contributed by atoms with E-state index in [0.29, 0.717) is 30.7 Å². The van der Waals surface area contributed by atoms with Gasteiger partial charge in [0.2, 0.25) is 5.91 Å². The zero-order valence-corrected chi connectivity index (χ0v) is 20.9. The van der Waals surface area contributed by atoms with E-state index in [1.807, 2.05) is 23.5 Å². The largest absolute Gasteiger partial charge is 0.493 e. The summed E-state index contributed by atoms with van der Waals surface area (Å²) in [5.74, 6) is 1.35. The van der Waals surface area contributed by atoms with Gasteiger partial charge in [-0.05, 0) is 86.7 Å². The first-order valence-electron chi connectivity index (χ1n) is 13.2. The zero-order chi connectivity index (χ0) is 25.2. The van der Waals surface area contributed by atoms with Gasteiger partial charge in [0.25, 0.3) is 0 Å². The van der Waals surface area contributed by atoms with Gasteiger partial charge in [0.15, 0.2) is 0 Å². The van der Waals surface area contributed by atoms with Crippen LogP contribution in [0.3, 0.4) is 0 Å². The van der Waals surface area contributed by atoms with E-state index in [0.717, 1.165) is 68.4 Å². The van der Waals surface area contributed by atoms with Crippen molar-refractivity contribution in [1.29, 1.82) is 0 Å². The van der Waals surface area contributed by atoms with Gasteiger partial charge in [-0.25, -0.2) is 9.37 Å². The van der Waals surface area contributed by atoms with Crippen LogP contribution in [0.15, 0.2) is 55.0 Å². The van der Waals surface area contributed by atoms with Gasteiger partial charge in [0, 0.05) is 42.2 Å². The number of nitrogens with one attached hydrogen (secondary N) is 1. The maximum Gasteiger partial charge on any atom is 0.236 e. The highest BCUT2D eigenvalue weighted by Crippen LogP contribution is 2.35. The zero-order valence-electron chi connectivity index (χ0n) is 20.9. The number of aromatic nitrogens is 3. The molecule has 2 saturated heterocycles. The fraction of sp³-hybridized carbons (Fsp3) is 0.414. The van der Waals surface area contributed by atoms with E-state index in [9.17, 15) is 9.18 Å². The molecule has 1 N–H and O–H groups in total. The maximum absolute atomic E-state index is 13.1. The summed E-state index contributed by atoms with van der Waals surface area (Å²) in [6.45, 7) is 4.37. The first-order valence-corrected chi connectivity index (χ1v) is 13.2. The van der Waals surface area contributed by atoms with E-state index in [4.69, 9.17) is 4.74 Å². The number of fused-ring (bicyclic) bond motifs is 3. The topological polar surface area (TPSA) is 74.4 Å². The molecule has 0 radical (unpaired) electrons. The average Bonchev–Trinajstić information content (AvgIpc) is 3.42. The standard InChI is InChI=1S/C29H32FN5O2/c30-22-3-5-23(6-4-22)37-19-20-2-1-13-35(17-20)27(36)18-34-14-9-21(10-15-34)24-7-11-31-26-16-33-29-25(28(24)26)8-12-32-29/h3-8,11-12,16,20-21H,1-2,9-10,13-15,17-19H2,(H,32,33). The number of likely N-dealkylation sites (tertiary alicyclic amines) is 2. The summed E-state index contributed by atoms with van der Waals surface area (Å²) in [6, 6.07) is 10.4. The number of hydrogen-bond donors (Lipinski definition) is 1. The summed E-state index contributed by atoms with van der Waals surface area (Å²) in [6.07, 6.45) is 9.75. The second-order valence-electron chi connectivity index (χ2n) is 10.3. The number of ether oxygens (including phenoxy) is 1. The number of pyridine rings is 2. The second-order valence-corrected chi connectivity index (χ2v) is 10.3. The van der Waals surface area contributed by atoms with E-state index in [1.165, 1.54) is 23.1 Å². The lowest BCUT2D eigenvalue weighted by atomic mass is 9.87. The summed E-state index contributed by atoms with van der Waals surface area (Å²) in [4.78, 5) is 29.7. The van der Waals surface area contributed by atoms with Gasteiger partial charge >= 0.3 is 0 Å². The molecule has 2 aliphatic rings. The molecule has 6 rings (SSSR count). The summed E-state index contributed by atoms with van der Waals surface area (Å²) in [7, 11) is 0. The maximum atomic E-state index is 13.1. The molecule has 5 heterocycles. The summed E-state index contributed by atoms with van der Waals surface area (Å²) in [5.41, 5.74) is 3.17. The van der Waals surface area contributed by atoms with Crippen molar-refractivity contribution in [3.63, 3.8) is 0 Å². The predicted octanol–water partition coefficient (Wildman–Crippen LogP) is 4.75. The molecule has 1 amide bonds. The number of amides is 1. The molecule has 7 nitrogen and oxygen atoms in total. The predicted molar refractivity (Wildman–Crippen MR) is 141 cm³/mol. The van der Waals surface area contributed by atoms with Crippen molar-refractivity contribution in [2.75, 3.05) is 39.3 Å². The van der Waals surface area contributed by atoms with Crippen LogP contribution in [0.1, 0.15) is 37.2 Å². The van der Waals surface area contributed by atoms with Gasteiger partial charge in [-0.3, -0.25) is 14.7 Å². The van der Waals surface area contributed by atoms with Gasteiger partial charge in [-0.15, -0.1) is 0 Å². The van der Waals surface area contributed by atoms with Crippen molar-refractivity contribution >= 4 is 27.8 Å². The van der Waals surface area contributed by atoms with E-state index in [-0.39, 0.29) is 11.7 Å². The quantitative estimate of drug-likeness (QED) is 0.413. The van der Waals surface area contributed by atoms with Crippen LogP contribution < -0.4 is 4.74 Å². The number of hydrogen-bond acceptors (Lipinski definition) is 5. The molecule has 0 saturated carbocycles. The molecule has 0 bridgehead atoms. The highest BCUT2D eigenvalue weighted by molar-refractivity contribution is 6.05. The average molecular weight is 502 g/mol. The Morgan fingerprint density at radius 2 is 1.89 bits per heavy atom. The molecule has 1 atom stereocenters. The van der Waals surface area contributed by atoms with Crippen molar-refractivity contribution in [2.45, 2.75) is 31.6 Å². The smallest absolute Gasteiger partial charge is 0.236 e. The Kier molecular flexibility index (Phi) is 6.74. The summed E-state index contributed by atoms with van der Waals surface area (Å²) in [5, 5.41) is 2.33. The van der Waals surface area contributed by atoms with Gasteiger partial charge < -0.3 is 14.6 Å². The number of H-pyrrole nitrogens is 1. The Bertz CT molecular complexity index is 1380. The van der Waals surface area contributed by atoms with Crippen molar-refractivity contribution in [1.82, 2.24) is 24.8 Å². The van der Waals surface area contributed by atoms with Crippen LogP contribution in [0.25, 0.3) is 21.9 Å². The third-order valence-corrected chi connectivity index (χ3v) is 7.88. The van der Waals surface area contributed by atoms with Crippen molar-refractivity contribution in [2.24, 2.45) is 5.92 Å². The molecular weight excluding hydrogens is 469 g/mol. The molecule has 192 valence electrons. The van der Waals surface area contributed by atoms with Crippen LogP contribution in [0.4, 0.5) is 4.39 Å². The van der Waals surface area contributed by atoms with Crippen LogP contribution in [0.5, 0.6) is 5.75 Å². The van der Waals surface area contributed by atoms with Gasteiger partial charge in [0.05, 0.1) is 24.9 Å². The summed E-state index contributed by atoms with van der Waals surface area (Å²) < 4.78 is 19.0. The first kappa shape index (κ1) is 23.9. The number of nitrogens with zero attached hydrogens (tertiary/aromatic N) is 4. The van der Waals surface area contributed by atoms with E-state index >= 15 is 0 Å². The minimum absolute atomic E-state index is 0.208. The number of halogens is 1. The third-order valence-electron chi connectivity index (χ3n) is 7.88. The van der Waals surface area contributed by atoms with Crippen molar-refractivity contribution in [3.8, 4) is 5.75 Å². The van der Waals surface area contributed by atoms with Gasteiger partial charge in [-0.2, -0.15) is 0 Å². The van der Waals surface area contributed by atoms with Gasteiger partial charge in [-0.1, -0.05) is 0 Å². The molecule has 2 fully saturated rings. The lowest BCUT2D eigenvalue weighted by molar-refractivity contribution is -0.134. The van der Waals surface area contributed by atoms with Crippen LogP contribution in [-0.4, -0.2) is 70.0 Å². The van der Waals surface area contributed by atoms with Gasteiger partial charge in [0.1, 0.15) is 17.2 Å². The lowest BCUT2D eigenvalue weighted by Gasteiger charge is -2.36. The SMILES string of the molecule is O=C(CN1CCC(c2ccnc3cnc4[nH]ccc4c23)CC1)N1CCCC(COc2ccc(F)cc2)C1. The number of rotatable bonds is 6. The van der Waals surface area contributed by atoms with Crippen LogP contribution in [0, 0.1) is 11.7 Å². The number of carbonyl (C=O) groups is 1. The second kappa shape index (κ2) is 10.5. The highest BCUT2D eigenvalue weighted by Gasteiger charge is 2.28. The molecular formula is C29H32FN5O2. The summed E-state index contributed by atoms with van der Waals surface area (Å²) >= 11 is 0. The molecule has 3 aromatic heterocycles. The molecule has 8 heteroatoms. The number of carbonyl (C=O) groups excluding carboxylic acids is 1. The number of benzene rings is 1. The number of aromatic amines is 1. The fourth-order valence-electron chi connectivity index (χ4n) is 5.89. The van der Waals surface area contributed by atoms with Crippen molar-refractivity contribution < 1.29 is 13.9 Å². The minimum Gasteiger partial charge on any atom is -0.493 e. The molecule has 4 aromatic rings. The van der Waals surface area contributed by atoms with Crippen molar-refractivity contribution in [3.05, 3.63) is 66.4 Å². The Morgan fingerprint density at radius 3 is 2.73 bits per heavy atom. The van der Waals surface area contributed by atoms with Crippen LogP contribution in [0.2, 0.25) is 0 Å². The Labute approximate surface area is 215 Å².